The fourth-order valence-electron chi connectivity index (χ4n) is 1.28. The fourth-order valence-corrected chi connectivity index (χ4v) is 2.29. The Kier molecular flexibility index (Phi) is 4.95. The van der Waals surface area contributed by atoms with Crippen LogP contribution < -0.4 is 0 Å². The third kappa shape index (κ3) is 3.35. The van der Waals surface area contributed by atoms with Gasteiger partial charge >= 0.3 is 5.25 Å². The third-order valence-corrected chi connectivity index (χ3v) is 3.95. The number of aromatic nitrogens is 1. The molecule has 0 aliphatic rings. The molecule has 18 heavy (non-hydrogen) atoms. The molecule has 0 N–H and O–H groups in total. The van der Waals surface area contributed by atoms with E-state index in [4.69, 9.17) is 0 Å². The molecule has 0 fully saturated rings. The molecule has 1 aromatic heterocycles. The molecule has 1 aromatic rings. The highest BCUT2D eigenvalue weighted by Gasteiger charge is 2.44. The summed E-state index contributed by atoms with van der Waals surface area (Å²) >= 11 is 0. The molecular formula is C12H15F2NO2S. The summed E-state index contributed by atoms with van der Waals surface area (Å²) in [6, 6.07) is 3.88. The monoisotopic (exact) mass is 275 g/mol. The number of alkyl halides is 2. The Hall–Kier alpha value is -1.30. The van der Waals surface area contributed by atoms with Crippen molar-refractivity contribution in [3.63, 3.8) is 0 Å². The van der Waals surface area contributed by atoms with Crippen LogP contribution >= 0.6 is 0 Å². The summed E-state index contributed by atoms with van der Waals surface area (Å²) in [5.74, 6) is 0. The maximum atomic E-state index is 13.6. The van der Waals surface area contributed by atoms with Gasteiger partial charge in [-0.25, -0.2) is 13.4 Å². The maximum absolute atomic E-state index is 13.6. The maximum Gasteiger partial charge on any atom is 0.369 e. The minimum absolute atomic E-state index is 0.434. The zero-order valence-corrected chi connectivity index (χ0v) is 10.8. The van der Waals surface area contributed by atoms with Crippen LogP contribution in [0.25, 0.3) is 0 Å². The van der Waals surface area contributed by atoms with Crippen LogP contribution in [0.15, 0.2) is 41.6 Å². The van der Waals surface area contributed by atoms with Gasteiger partial charge in [0.15, 0.2) is 5.03 Å². The van der Waals surface area contributed by atoms with Gasteiger partial charge in [-0.05, 0) is 24.6 Å². The van der Waals surface area contributed by atoms with Gasteiger partial charge in [0.25, 0.3) is 9.84 Å². The van der Waals surface area contributed by atoms with E-state index in [1.807, 2.05) is 6.92 Å². The average molecular weight is 275 g/mol. The minimum atomic E-state index is -4.76. The largest absolute Gasteiger partial charge is 0.369 e. The highest BCUT2D eigenvalue weighted by atomic mass is 32.2. The minimum Gasteiger partial charge on any atom is -0.245 e. The molecule has 0 saturated carbocycles. The number of sulfone groups is 1. The number of halogens is 2. The van der Waals surface area contributed by atoms with Gasteiger partial charge in [-0.3, -0.25) is 0 Å². The second-order valence-corrected chi connectivity index (χ2v) is 5.75. The van der Waals surface area contributed by atoms with Crippen molar-refractivity contribution in [3.8, 4) is 0 Å². The second-order valence-electron chi connectivity index (χ2n) is 3.78. The fraction of sp³-hybridized carbons (Fsp3) is 0.417. The Morgan fingerprint density at radius 3 is 2.67 bits per heavy atom. The highest BCUT2D eigenvalue weighted by Crippen LogP contribution is 2.29. The van der Waals surface area contributed by atoms with Crippen molar-refractivity contribution >= 4 is 9.84 Å². The molecule has 0 atom stereocenters. The molecular weight excluding hydrogens is 260 g/mol. The van der Waals surface area contributed by atoms with Crippen LogP contribution in [-0.4, -0.2) is 18.7 Å². The first kappa shape index (κ1) is 14.8. The van der Waals surface area contributed by atoms with E-state index in [-0.39, 0.29) is 0 Å². The van der Waals surface area contributed by atoms with E-state index in [1.165, 1.54) is 24.4 Å². The van der Waals surface area contributed by atoms with Gasteiger partial charge in [0.05, 0.1) is 0 Å². The van der Waals surface area contributed by atoms with Gasteiger partial charge in [-0.1, -0.05) is 31.9 Å². The molecule has 3 nitrogen and oxygen atoms in total. The van der Waals surface area contributed by atoms with E-state index in [1.54, 1.807) is 0 Å². The first-order valence-corrected chi connectivity index (χ1v) is 7.11. The number of hydrogen-bond donors (Lipinski definition) is 0. The molecule has 0 aliphatic heterocycles. The van der Waals surface area contributed by atoms with Gasteiger partial charge < -0.3 is 0 Å². The highest BCUT2D eigenvalue weighted by molar-refractivity contribution is 7.92. The quantitative estimate of drug-likeness (QED) is 0.591. The van der Waals surface area contributed by atoms with Gasteiger partial charge in [-0.15, -0.1) is 0 Å². The lowest BCUT2D eigenvalue weighted by Crippen LogP contribution is -2.27. The van der Waals surface area contributed by atoms with E-state index in [2.05, 4.69) is 4.98 Å². The van der Waals surface area contributed by atoms with Gasteiger partial charge in [0.2, 0.25) is 0 Å². The molecule has 100 valence electrons. The Bertz CT molecular complexity index is 498. The average Bonchev–Trinajstić information content (AvgIpc) is 2.35. The number of rotatable bonds is 6. The van der Waals surface area contributed by atoms with Gasteiger partial charge in [0, 0.05) is 6.20 Å². The van der Waals surface area contributed by atoms with Crippen molar-refractivity contribution in [3.05, 3.63) is 36.5 Å². The van der Waals surface area contributed by atoms with E-state index in [0.29, 0.717) is 12.5 Å². The van der Waals surface area contributed by atoms with Crippen molar-refractivity contribution in [1.29, 1.82) is 0 Å². The molecule has 0 saturated heterocycles. The lowest BCUT2D eigenvalue weighted by atomic mass is 10.2. The summed E-state index contributed by atoms with van der Waals surface area (Å²) in [5.41, 5.74) is 0. The van der Waals surface area contributed by atoms with E-state index < -0.39 is 20.1 Å². The summed E-state index contributed by atoms with van der Waals surface area (Å²) in [6.07, 6.45) is 4.85. The topological polar surface area (TPSA) is 47.0 Å². The summed E-state index contributed by atoms with van der Waals surface area (Å²) in [5, 5.41) is -4.54. The first-order chi connectivity index (χ1) is 8.42. The molecule has 0 unspecified atom stereocenters. The Morgan fingerprint density at radius 1 is 1.39 bits per heavy atom. The van der Waals surface area contributed by atoms with Crippen LogP contribution in [-0.2, 0) is 9.84 Å². The normalized spacial score (nSPS) is 13.1. The van der Waals surface area contributed by atoms with Gasteiger partial charge in [-0.2, -0.15) is 8.78 Å². The lowest BCUT2D eigenvalue weighted by molar-refractivity contribution is 0.146. The zero-order valence-electron chi connectivity index (χ0n) is 10.0. The van der Waals surface area contributed by atoms with Gasteiger partial charge in [0.1, 0.15) is 0 Å². The lowest BCUT2D eigenvalue weighted by Gasteiger charge is -2.12. The first-order valence-electron chi connectivity index (χ1n) is 5.63. The number of pyridine rings is 1. The van der Waals surface area contributed by atoms with E-state index in [0.717, 1.165) is 18.9 Å². The van der Waals surface area contributed by atoms with Crippen LogP contribution in [0.5, 0.6) is 0 Å². The predicted molar refractivity (Wildman–Crippen MR) is 65.0 cm³/mol. The molecule has 0 radical (unpaired) electrons. The Morgan fingerprint density at radius 2 is 2.11 bits per heavy atom. The number of unbranched alkanes of at least 4 members (excludes halogenated alkanes) is 2. The third-order valence-electron chi connectivity index (χ3n) is 2.31. The SMILES string of the molecule is CCCC/C=C/C(F)(F)S(=O)(=O)c1ccccn1. The van der Waals surface area contributed by atoms with Crippen molar-refractivity contribution in [2.45, 2.75) is 36.5 Å². The van der Waals surface area contributed by atoms with E-state index in [9.17, 15) is 17.2 Å². The summed E-state index contributed by atoms with van der Waals surface area (Å²) in [6.45, 7) is 1.93. The molecule has 0 bridgehead atoms. The van der Waals surface area contributed by atoms with Crippen molar-refractivity contribution in [1.82, 2.24) is 4.98 Å². The zero-order chi connectivity index (χ0) is 13.6. The van der Waals surface area contributed by atoms with E-state index >= 15 is 0 Å². The molecule has 0 aromatic carbocycles. The smallest absolute Gasteiger partial charge is 0.245 e. The molecule has 6 heteroatoms. The van der Waals surface area contributed by atoms with Crippen molar-refractivity contribution < 1.29 is 17.2 Å². The number of nitrogens with zero attached hydrogens (tertiary/aromatic N) is 1. The van der Waals surface area contributed by atoms with Crippen LogP contribution in [0.2, 0.25) is 0 Å². The molecule has 1 heterocycles. The number of allylic oxidation sites excluding steroid dienone is 1. The summed E-state index contributed by atoms with van der Waals surface area (Å²) < 4.78 is 50.5. The van der Waals surface area contributed by atoms with Crippen molar-refractivity contribution in [2.24, 2.45) is 0 Å². The summed E-state index contributed by atoms with van der Waals surface area (Å²) in [7, 11) is -4.76. The predicted octanol–water partition coefficient (Wildman–Crippen LogP) is 3.19. The van der Waals surface area contributed by atoms with Crippen LogP contribution in [0.3, 0.4) is 0 Å². The standard InChI is InChI=1S/C12H15F2NO2S/c1-2-3-4-6-9-12(13,14)18(16,17)11-8-5-7-10-15-11/h5-10H,2-4H2,1H3/b9-6+. The Labute approximate surface area is 105 Å². The van der Waals surface area contributed by atoms with Crippen LogP contribution in [0.4, 0.5) is 8.78 Å². The van der Waals surface area contributed by atoms with Crippen LogP contribution in [0.1, 0.15) is 26.2 Å². The molecule has 1 rings (SSSR count). The molecule has 0 spiro atoms. The van der Waals surface area contributed by atoms with Crippen molar-refractivity contribution in [2.75, 3.05) is 0 Å². The summed E-state index contributed by atoms with van der Waals surface area (Å²) in [4.78, 5) is 3.46. The Balaban J connectivity index is 2.93. The molecule has 0 aliphatic carbocycles. The van der Waals surface area contributed by atoms with Crippen LogP contribution in [0, 0.1) is 0 Å². The molecule has 0 amide bonds. The number of hydrogen-bond acceptors (Lipinski definition) is 3. The second kappa shape index (κ2) is 6.04.